The molecule has 0 aromatic heterocycles. The molecule has 0 unspecified atom stereocenters. The first-order valence-electron chi connectivity index (χ1n) is 9.99. The number of benzene rings is 2. The second-order valence-corrected chi connectivity index (χ2v) is 8.30. The number of piperidine rings is 1. The standard InChI is InChI=1S/C23H29ClN2O3/c1-17-12-20(13-18(2)22(17)24)29-16-23(28)8-10-26(11-9-23)15-21(27)25-14-19-6-4-3-5-7-19/h3-7,12-13,28H,8-11,14-16H2,1-2H3,(H,25,27). The Morgan fingerprint density at radius 1 is 1.17 bits per heavy atom. The topological polar surface area (TPSA) is 61.8 Å². The zero-order valence-electron chi connectivity index (χ0n) is 17.1. The van der Waals surface area contributed by atoms with E-state index in [1.165, 1.54) is 0 Å². The van der Waals surface area contributed by atoms with Crippen molar-refractivity contribution in [2.24, 2.45) is 0 Å². The molecule has 0 saturated carbocycles. The number of hydrogen-bond donors (Lipinski definition) is 2. The lowest BCUT2D eigenvalue weighted by Crippen LogP contribution is -2.50. The molecule has 2 aromatic rings. The SMILES string of the molecule is Cc1cc(OCC2(O)CCN(CC(=O)NCc3ccccc3)CC2)cc(C)c1Cl. The van der Waals surface area contributed by atoms with Gasteiger partial charge in [-0.25, -0.2) is 0 Å². The summed E-state index contributed by atoms with van der Waals surface area (Å²) in [7, 11) is 0. The quantitative estimate of drug-likeness (QED) is 0.725. The van der Waals surface area contributed by atoms with Gasteiger partial charge >= 0.3 is 0 Å². The molecule has 6 heteroatoms. The average molecular weight is 417 g/mol. The van der Waals surface area contributed by atoms with E-state index in [4.69, 9.17) is 16.3 Å². The van der Waals surface area contributed by atoms with Crippen LogP contribution in [0.5, 0.6) is 5.75 Å². The summed E-state index contributed by atoms with van der Waals surface area (Å²) in [5, 5.41) is 14.5. The normalized spacial score (nSPS) is 16.4. The van der Waals surface area contributed by atoms with E-state index in [0.29, 0.717) is 39.0 Å². The lowest BCUT2D eigenvalue weighted by atomic mass is 9.92. The van der Waals surface area contributed by atoms with Gasteiger partial charge in [-0.15, -0.1) is 0 Å². The molecule has 2 N–H and O–H groups in total. The van der Waals surface area contributed by atoms with Gasteiger partial charge < -0.3 is 15.2 Å². The summed E-state index contributed by atoms with van der Waals surface area (Å²) in [5.41, 5.74) is 2.13. The maximum atomic E-state index is 12.2. The van der Waals surface area contributed by atoms with E-state index in [-0.39, 0.29) is 12.5 Å². The van der Waals surface area contributed by atoms with Crippen LogP contribution in [0.2, 0.25) is 5.02 Å². The molecular formula is C23H29ClN2O3. The van der Waals surface area contributed by atoms with Crippen molar-refractivity contribution in [2.45, 2.75) is 38.8 Å². The molecule has 1 aliphatic rings. The second-order valence-electron chi connectivity index (χ2n) is 7.92. The number of likely N-dealkylation sites (tertiary alicyclic amines) is 1. The van der Waals surface area contributed by atoms with Gasteiger partial charge in [0.2, 0.25) is 5.91 Å². The predicted molar refractivity (Wildman–Crippen MR) is 115 cm³/mol. The number of rotatable bonds is 7. The largest absolute Gasteiger partial charge is 0.491 e. The van der Waals surface area contributed by atoms with E-state index in [2.05, 4.69) is 10.2 Å². The monoisotopic (exact) mass is 416 g/mol. The lowest BCUT2D eigenvalue weighted by Gasteiger charge is -2.37. The molecule has 0 bridgehead atoms. The maximum absolute atomic E-state index is 12.2. The lowest BCUT2D eigenvalue weighted by molar-refractivity contribution is -0.124. The predicted octanol–water partition coefficient (Wildman–Crippen LogP) is 3.48. The van der Waals surface area contributed by atoms with Gasteiger partial charge in [-0.05, 0) is 55.5 Å². The molecule has 1 saturated heterocycles. The Hall–Kier alpha value is -2.08. The first-order chi connectivity index (χ1) is 13.8. The molecule has 0 aliphatic carbocycles. The minimum absolute atomic E-state index is 0.00246. The Morgan fingerprint density at radius 3 is 2.41 bits per heavy atom. The summed E-state index contributed by atoms with van der Waals surface area (Å²) in [5.74, 6) is 0.725. The minimum atomic E-state index is -0.877. The summed E-state index contributed by atoms with van der Waals surface area (Å²) in [4.78, 5) is 14.3. The van der Waals surface area contributed by atoms with Crippen LogP contribution in [0.25, 0.3) is 0 Å². The molecule has 0 spiro atoms. The van der Waals surface area contributed by atoms with Gasteiger partial charge in [-0.2, -0.15) is 0 Å². The van der Waals surface area contributed by atoms with Crippen molar-refractivity contribution in [2.75, 3.05) is 26.2 Å². The van der Waals surface area contributed by atoms with Gasteiger partial charge in [-0.1, -0.05) is 41.9 Å². The van der Waals surface area contributed by atoms with Crippen LogP contribution >= 0.6 is 11.6 Å². The van der Waals surface area contributed by atoms with Crippen molar-refractivity contribution in [3.05, 3.63) is 64.2 Å². The van der Waals surface area contributed by atoms with E-state index in [9.17, 15) is 9.90 Å². The van der Waals surface area contributed by atoms with E-state index in [1.54, 1.807) is 0 Å². The van der Waals surface area contributed by atoms with Crippen LogP contribution in [0.1, 0.15) is 29.5 Å². The fourth-order valence-corrected chi connectivity index (χ4v) is 3.64. The molecular weight excluding hydrogens is 388 g/mol. The van der Waals surface area contributed by atoms with Gasteiger partial charge in [0.1, 0.15) is 18.0 Å². The van der Waals surface area contributed by atoms with Gasteiger partial charge in [0.05, 0.1) is 6.54 Å². The highest BCUT2D eigenvalue weighted by molar-refractivity contribution is 6.32. The van der Waals surface area contributed by atoms with Crippen LogP contribution in [0.4, 0.5) is 0 Å². The smallest absolute Gasteiger partial charge is 0.234 e. The molecule has 1 amide bonds. The zero-order chi connectivity index (χ0) is 20.9. The van der Waals surface area contributed by atoms with Crippen LogP contribution < -0.4 is 10.1 Å². The Morgan fingerprint density at radius 2 is 1.79 bits per heavy atom. The Balaban J connectivity index is 1.42. The number of amides is 1. The van der Waals surface area contributed by atoms with Crippen molar-refractivity contribution >= 4 is 17.5 Å². The van der Waals surface area contributed by atoms with E-state index in [1.807, 2.05) is 56.3 Å². The van der Waals surface area contributed by atoms with E-state index < -0.39 is 5.60 Å². The molecule has 1 aliphatic heterocycles. The molecule has 0 atom stereocenters. The maximum Gasteiger partial charge on any atom is 0.234 e. The Kier molecular flexibility index (Phi) is 7.17. The second kappa shape index (κ2) is 9.61. The molecule has 1 heterocycles. The van der Waals surface area contributed by atoms with Gasteiger partial charge in [0, 0.05) is 24.7 Å². The zero-order valence-corrected chi connectivity index (χ0v) is 17.8. The molecule has 3 rings (SSSR count). The van der Waals surface area contributed by atoms with Crippen molar-refractivity contribution in [3.8, 4) is 5.75 Å². The van der Waals surface area contributed by atoms with Gasteiger partial charge in [-0.3, -0.25) is 9.69 Å². The third kappa shape index (κ3) is 6.20. The molecule has 0 radical (unpaired) electrons. The fourth-order valence-electron chi connectivity index (χ4n) is 3.53. The summed E-state index contributed by atoms with van der Waals surface area (Å²) in [6, 6.07) is 13.6. The van der Waals surface area contributed by atoms with Crippen molar-refractivity contribution in [3.63, 3.8) is 0 Å². The number of nitrogens with one attached hydrogen (secondary N) is 1. The van der Waals surface area contributed by atoms with E-state index >= 15 is 0 Å². The minimum Gasteiger partial charge on any atom is -0.491 e. The summed E-state index contributed by atoms with van der Waals surface area (Å²) in [6.07, 6.45) is 1.15. The first kappa shape index (κ1) is 21.6. The summed E-state index contributed by atoms with van der Waals surface area (Å²) >= 11 is 6.20. The fraction of sp³-hybridized carbons (Fsp3) is 0.435. The van der Waals surface area contributed by atoms with Crippen LogP contribution in [-0.2, 0) is 11.3 Å². The van der Waals surface area contributed by atoms with Gasteiger partial charge in [0.25, 0.3) is 0 Å². The summed E-state index contributed by atoms with van der Waals surface area (Å²) in [6.45, 7) is 6.33. The van der Waals surface area contributed by atoms with Crippen molar-refractivity contribution < 1.29 is 14.6 Å². The number of carbonyl (C=O) groups excluding carboxylic acids is 1. The van der Waals surface area contributed by atoms with Crippen LogP contribution in [0.3, 0.4) is 0 Å². The molecule has 156 valence electrons. The van der Waals surface area contributed by atoms with Gasteiger partial charge in [0.15, 0.2) is 0 Å². The highest BCUT2D eigenvalue weighted by atomic mass is 35.5. The van der Waals surface area contributed by atoms with E-state index in [0.717, 1.165) is 27.5 Å². The number of aliphatic hydroxyl groups is 1. The number of carbonyl (C=O) groups is 1. The number of ether oxygens (including phenoxy) is 1. The molecule has 1 fully saturated rings. The third-order valence-electron chi connectivity index (χ3n) is 5.40. The number of halogens is 1. The van der Waals surface area contributed by atoms with Crippen LogP contribution in [0, 0.1) is 13.8 Å². The highest BCUT2D eigenvalue weighted by Gasteiger charge is 2.33. The first-order valence-corrected chi connectivity index (χ1v) is 10.4. The highest BCUT2D eigenvalue weighted by Crippen LogP contribution is 2.28. The van der Waals surface area contributed by atoms with Crippen LogP contribution in [-0.4, -0.2) is 47.8 Å². The van der Waals surface area contributed by atoms with Crippen molar-refractivity contribution in [1.29, 1.82) is 0 Å². The van der Waals surface area contributed by atoms with Crippen LogP contribution in [0.15, 0.2) is 42.5 Å². The number of aryl methyl sites for hydroxylation is 2. The molecule has 2 aromatic carbocycles. The molecule has 5 nitrogen and oxygen atoms in total. The average Bonchev–Trinajstić information content (AvgIpc) is 2.72. The molecule has 29 heavy (non-hydrogen) atoms. The Bertz CT molecular complexity index is 810. The third-order valence-corrected chi connectivity index (χ3v) is 6.00. The Labute approximate surface area is 177 Å². The summed E-state index contributed by atoms with van der Waals surface area (Å²) < 4.78 is 5.86. The number of nitrogens with zero attached hydrogens (tertiary/aromatic N) is 1. The number of hydrogen-bond acceptors (Lipinski definition) is 4. The van der Waals surface area contributed by atoms with Crippen molar-refractivity contribution in [1.82, 2.24) is 10.2 Å².